The number of rotatable bonds is 7. The van der Waals surface area contributed by atoms with Crippen LogP contribution in [0.15, 0.2) is 90.1 Å². The highest BCUT2D eigenvalue weighted by molar-refractivity contribution is 7.99. The third kappa shape index (κ3) is 5.61. The smallest absolute Gasteiger partial charge is 0.337 e. The molecule has 1 N–H and O–H groups in total. The van der Waals surface area contributed by atoms with Crippen molar-refractivity contribution in [3.05, 3.63) is 90.5 Å². The van der Waals surface area contributed by atoms with E-state index in [-0.39, 0.29) is 11.7 Å². The maximum atomic E-state index is 12.5. The lowest BCUT2D eigenvalue weighted by Gasteiger charge is -2.10. The van der Waals surface area contributed by atoms with Gasteiger partial charge in [0.15, 0.2) is 0 Å². The van der Waals surface area contributed by atoms with E-state index in [2.05, 4.69) is 15.5 Å². The van der Waals surface area contributed by atoms with Crippen molar-refractivity contribution >= 4 is 29.3 Å². The van der Waals surface area contributed by atoms with E-state index < -0.39 is 5.97 Å². The Morgan fingerprint density at radius 2 is 1.52 bits per heavy atom. The van der Waals surface area contributed by atoms with Crippen molar-refractivity contribution in [3.8, 4) is 22.5 Å². The number of ether oxygens (including phenoxy) is 1. The van der Waals surface area contributed by atoms with Gasteiger partial charge in [-0.15, -0.1) is 10.2 Å². The number of anilines is 1. The molecule has 0 spiro atoms. The lowest BCUT2D eigenvalue weighted by atomic mass is 10.0. The zero-order valence-electron chi connectivity index (χ0n) is 17.8. The number of carbonyl (C=O) groups is 2. The molecular formula is C25H20N4O3S. The van der Waals surface area contributed by atoms with E-state index in [4.69, 9.17) is 9.72 Å². The molecule has 0 aliphatic carbocycles. The first-order chi connectivity index (χ1) is 16.1. The zero-order valence-corrected chi connectivity index (χ0v) is 18.6. The van der Waals surface area contributed by atoms with Crippen molar-refractivity contribution in [2.75, 3.05) is 18.2 Å². The van der Waals surface area contributed by atoms with E-state index >= 15 is 0 Å². The van der Waals surface area contributed by atoms with Gasteiger partial charge in [0.25, 0.3) is 0 Å². The van der Waals surface area contributed by atoms with Gasteiger partial charge in [-0.1, -0.05) is 78.5 Å². The van der Waals surface area contributed by atoms with Crippen molar-refractivity contribution in [1.82, 2.24) is 15.2 Å². The number of thioether (sulfide) groups is 1. The van der Waals surface area contributed by atoms with Crippen molar-refractivity contribution in [3.63, 3.8) is 0 Å². The summed E-state index contributed by atoms with van der Waals surface area (Å²) in [6.07, 6.45) is 0. The van der Waals surface area contributed by atoms with Gasteiger partial charge in [-0.2, -0.15) is 0 Å². The van der Waals surface area contributed by atoms with Gasteiger partial charge in [-0.25, -0.2) is 9.78 Å². The van der Waals surface area contributed by atoms with Crippen molar-refractivity contribution < 1.29 is 14.3 Å². The Balaban J connectivity index is 1.51. The molecule has 0 saturated heterocycles. The summed E-state index contributed by atoms with van der Waals surface area (Å²) in [5.74, 6) is -0.630. The standard InChI is InChI=1S/C25H20N4O3S/c1-32-24(31)19-13-8-14-20(15-19)26-21(30)16-33-25-27-22(17-9-4-2-5-10-17)23(28-29-25)18-11-6-3-7-12-18/h2-15H,16H2,1H3,(H,26,30). The van der Waals surface area contributed by atoms with E-state index in [0.29, 0.717) is 27.8 Å². The van der Waals surface area contributed by atoms with Crippen molar-refractivity contribution in [2.45, 2.75) is 5.16 Å². The van der Waals surface area contributed by atoms with Gasteiger partial charge < -0.3 is 10.1 Å². The monoisotopic (exact) mass is 456 g/mol. The molecule has 33 heavy (non-hydrogen) atoms. The summed E-state index contributed by atoms with van der Waals surface area (Å²) in [5, 5.41) is 11.8. The number of methoxy groups -OCH3 is 1. The second-order valence-corrected chi connectivity index (χ2v) is 7.88. The molecule has 3 aromatic carbocycles. The summed E-state index contributed by atoms with van der Waals surface area (Å²) in [6.45, 7) is 0. The number of benzene rings is 3. The summed E-state index contributed by atoms with van der Waals surface area (Å²) in [6, 6.07) is 26.0. The summed E-state index contributed by atoms with van der Waals surface area (Å²) >= 11 is 1.19. The Bertz CT molecular complexity index is 1270. The van der Waals surface area contributed by atoms with Crippen LogP contribution in [0.1, 0.15) is 10.4 Å². The van der Waals surface area contributed by atoms with Gasteiger partial charge in [-0.05, 0) is 18.2 Å². The molecule has 0 fully saturated rings. The van der Waals surface area contributed by atoms with Crippen LogP contribution >= 0.6 is 11.8 Å². The van der Waals surface area contributed by atoms with Crippen molar-refractivity contribution in [1.29, 1.82) is 0 Å². The van der Waals surface area contributed by atoms with E-state index in [1.54, 1.807) is 24.3 Å². The van der Waals surface area contributed by atoms with Crippen LogP contribution in [0.25, 0.3) is 22.5 Å². The molecule has 0 aliphatic rings. The van der Waals surface area contributed by atoms with Gasteiger partial charge in [0.2, 0.25) is 11.1 Å². The van der Waals surface area contributed by atoms with Crippen LogP contribution in [-0.4, -0.2) is 39.9 Å². The molecule has 0 unspecified atom stereocenters. The van der Waals surface area contributed by atoms with Crippen LogP contribution in [-0.2, 0) is 9.53 Å². The number of aromatic nitrogens is 3. The predicted octanol–water partition coefficient (Wildman–Crippen LogP) is 4.72. The number of carbonyl (C=O) groups excluding carboxylic acids is 2. The summed E-state index contributed by atoms with van der Waals surface area (Å²) in [7, 11) is 1.31. The quantitative estimate of drug-likeness (QED) is 0.318. The molecule has 0 atom stereocenters. The Labute approximate surface area is 195 Å². The minimum Gasteiger partial charge on any atom is -0.465 e. The molecule has 1 aromatic heterocycles. The third-order valence-electron chi connectivity index (χ3n) is 4.66. The minimum absolute atomic E-state index is 0.0864. The first-order valence-electron chi connectivity index (χ1n) is 10.1. The van der Waals surface area contributed by atoms with E-state index in [1.807, 2.05) is 60.7 Å². The maximum absolute atomic E-state index is 12.5. The van der Waals surface area contributed by atoms with E-state index in [9.17, 15) is 9.59 Å². The Morgan fingerprint density at radius 1 is 0.848 bits per heavy atom. The molecule has 164 valence electrons. The molecule has 8 heteroatoms. The number of nitrogens with zero attached hydrogens (tertiary/aromatic N) is 3. The topological polar surface area (TPSA) is 94.1 Å². The van der Waals surface area contributed by atoms with Gasteiger partial charge >= 0.3 is 5.97 Å². The van der Waals surface area contributed by atoms with Crippen molar-refractivity contribution in [2.24, 2.45) is 0 Å². The maximum Gasteiger partial charge on any atom is 0.337 e. The molecule has 7 nitrogen and oxygen atoms in total. The SMILES string of the molecule is COC(=O)c1cccc(NC(=O)CSc2nnc(-c3ccccc3)c(-c3ccccc3)n2)c1. The summed E-state index contributed by atoms with van der Waals surface area (Å²) in [5.41, 5.74) is 4.07. The fourth-order valence-electron chi connectivity index (χ4n) is 3.13. The second-order valence-electron chi connectivity index (χ2n) is 6.93. The lowest BCUT2D eigenvalue weighted by Crippen LogP contribution is -2.15. The lowest BCUT2D eigenvalue weighted by molar-refractivity contribution is -0.113. The Hall–Kier alpha value is -4.04. The minimum atomic E-state index is -0.466. The highest BCUT2D eigenvalue weighted by atomic mass is 32.2. The summed E-state index contributed by atoms with van der Waals surface area (Å²) in [4.78, 5) is 28.8. The van der Waals surface area contributed by atoms with Gasteiger partial charge in [0.05, 0.1) is 18.4 Å². The number of nitrogens with one attached hydrogen (secondary N) is 1. The molecule has 0 radical (unpaired) electrons. The number of amides is 1. The van der Waals surface area contributed by atoms with E-state index in [1.165, 1.54) is 18.9 Å². The average molecular weight is 457 g/mol. The van der Waals surface area contributed by atoms with Gasteiger partial charge in [0, 0.05) is 16.8 Å². The van der Waals surface area contributed by atoms with Gasteiger partial charge in [-0.3, -0.25) is 4.79 Å². The third-order valence-corrected chi connectivity index (χ3v) is 5.50. The second kappa shape index (κ2) is 10.5. The first-order valence-corrected chi connectivity index (χ1v) is 11.1. The number of hydrogen-bond acceptors (Lipinski definition) is 7. The van der Waals surface area contributed by atoms with Crippen LogP contribution in [0.5, 0.6) is 0 Å². The van der Waals surface area contributed by atoms with Crippen LogP contribution in [0.3, 0.4) is 0 Å². The molecule has 0 saturated carbocycles. The molecule has 1 heterocycles. The van der Waals surface area contributed by atoms with E-state index in [0.717, 1.165) is 11.1 Å². The number of hydrogen-bond donors (Lipinski definition) is 1. The zero-order chi connectivity index (χ0) is 23.0. The fraction of sp³-hybridized carbons (Fsp3) is 0.0800. The Morgan fingerprint density at radius 3 is 2.18 bits per heavy atom. The normalized spacial score (nSPS) is 10.5. The van der Waals surface area contributed by atoms with Crippen LogP contribution in [0, 0.1) is 0 Å². The molecule has 0 bridgehead atoms. The predicted molar refractivity (Wildman–Crippen MR) is 128 cm³/mol. The van der Waals surface area contributed by atoms with Gasteiger partial charge in [0.1, 0.15) is 11.4 Å². The molecule has 4 aromatic rings. The summed E-state index contributed by atoms with van der Waals surface area (Å²) < 4.78 is 4.71. The molecule has 1 amide bonds. The molecule has 0 aliphatic heterocycles. The Kier molecular flexibility index (Phi) is 7.06. The highest BCUT2D eigenvalue weighted by Gasteiger charge is 2.15. The number of esters is 1. The average Bonchev–Trinajstić information content (AvgIpc) is 2.88. The molecule has 4 rings (SSSR count). The largest absolute Gasteiger partial charge is 0.465 e. The van der Waals surface area contributed by atoms with Crippen LogP contribution in [0.2, 0.25) is 0 Å². The fourth-order valence-corrected chi connectivity index (χ4v) is 3.72. The van der Waals surface area contributed by atoms with Crippen LogP contribution in [0.4, 0.5) is 5.69 Å². The molecular weight excluding hydrogens is 436 g/mol. The first kappa shape index (κ1) is 22.2. The highest BCUT2D eigenvalue weighted by Crippen LogP contribution is 2.29. The van der Waals surface area contributed by atoms with Crippen LogP contribution < -0.4 is 5.32 Å².